The Hall–Kier alpha value is -1.04. The molecule has 2 saturated carbocycles. The van der Waals surface area contributed by atoms with Crippen LogP contribution in [0.4, 0.5) is 0 Å². The zero-order valence-electron chi connectivity index (χ0n) is 13.6. The van der Waals surface area contributed by atoms with E-state index in [1.54, 1.807) is 16.7 Å². The van der Waals surface area contributed by atoms with Crippen LogP contribution >= 0.6 is 0 Å². The molecule has 1 aromatic carbocycles. The van der Waals surface area contributed by atoms with Crippen LogP contribution in [-0.4, -0.2) is 0 Å². The van der Waals surface area contributed by atoms with Crippen molar-refractivity contribution in [2.45, 2.75) is 64.7 Å². The van der Waals surface area contributed by atoms with E-state index >= 15 is 0 Å². The van der Waals surface area contributed by atoms with Gasteiger partial charge in [-0.05, 0) is 84.8 Å². The Balaban J connectivity index is 1.70. The van der Waals surface area contributed by atoms with E-state index in [1.807, 2.05) is 0 Å². The van der Waals surface area contributed by atoms with E-state index in [2.05, 4.69) is 38.6 Å². The molecule has 0 spiro atoms. The Labute approximate surface area is 129 Å². The van der Waals surface area contributed by atoms with E-state index in [0.29, 0.717) is 5.41 Å². The smallest absolute Gasteiger partial charge is 0.00876 e. The van der Waals surface area contributed by atoms with Crippen LogP contribution in [0.25, 0.3) is 0 Å². The maximum atomic E-state index is 4.41. The second-order valence-electron chi connectivity index (χ2n) is 7.90. The highest BCUT2D eigenvalue weighted by molar-refractivity contribution is 5.39. The van der Waals surface area contributed by atoms with Gasteiger partial charge in [0, 0.05) is 0 Å². The maximum absolute atomic E-state index is 4.41. The van der Waals surface area contributed by atoms with Gasteiger partial charge in [0.25, 0.3) is 0 Å². The molecule has 21 heavy (non-hydrogen) atoms. The van der Waals surface area contributed by atoms with E-state index in [0.717, 1.165) is 17.8 Å². The molecule has 0 saturated heterocycles. The molecule has 0 nitrogen and oxygen atoms in total. The SMILES string of the molecule is C=C1CC[C@H]2[C@@H]3CCc4cc(CC)ccc4[C@H]3CC[C@]12C. The summed E-state index contributed by atoms with van der Waals surface area (Å²) >= 11 is 0. The lowest BCUT2D eigenvalue weighted by molar-refractivity contribution is 0.0817. The average molecular weight is 280 g/mol. The fraction of sp³-hybridized carbons (Fsp3) is 0.619. The highest BCUT2D eigenvalue weighted by Crippen LogP contribution is 2.62. The molecule has 2 fully saturated rings. The minimum atomic E-state index is 0.460. The van der Waals surface area contributed by atoms with Crippen molar-refractivity contribution in [2.24, 2.45) is 17.3 Å². The Kier molecular flexibility index (Phi) is 3.07. The van der Waals surface area contributed by atoms with Crippen LogP contribution in [0.3, 0.4) is 0 Å². The van der Waals surface area contributed by atoms with Crippen molar-refractivity contribution in [2.75, 3.05) is 0 Å². The highest BCUT2D eigenvalue weighted by Gasteiger charge is 2.51. The first kappa shape index (κ1) is 13.6. The molecule has 4 atom stereocenters. The quantitative estimate of drug-likeness (QED) is 0.582. The molecular weight excluding hydrogens is 252 g/mol. The molecule has 4 rings (SSSR count). The average Bonchev–Trinajstić information content (AvgIpc) is 2.82. The number of allylic oxidation sites excluding steroid dienone is 1. The second-order valence-corrected chi connectivity index (χ2v) is 7.90. The van der Waals surface area contributed by atoms with Crippen molar-refractivity contribution < 1.29 is 0 Å². The summed E-state index contributed by atoms with van der Waals surface area (Å²) in [6.07, 6.45) is 9.33. The fourth-order valence-corrected chi connectivity index (χ4v) is 5.76. The van der Waals surface area contributed by atoms with Gasteiger partial charge in [0.1, 0.15) is 0 Å². The zero-order valence-corrected chi connectivity index (χ0v) is 13.6. The van der Waals surface area contributed by atoms with Gasteiger partial charge in [-0.2, -0.15) is 0 Å². The van der Waals surface area contributed by atoms with Gasteiger partial charge < -0.3 is 0 Å². The third-order valence-corrected chi connectivity index (χ3v) is 7.15. The monoisotopic (exact) mass is 280 g/mol. The predicted octanol–water partition coefficient (Wildman–Crippen LogP) is 5.66. The normalized spacial score (nSPS) is 37.8. The molecule has 0 heterocycles. The summed E-state index contributed by atoms with van der Waals surface area (Å²) in [5.41, 5.74) is 6.89. The summed E-state index contributed by atoms with van der Waals surface area (Å²) in [6, 6.07) is 7.34. The number of benzene rings is 1. The molecule has 0 aromatic heterocycles. The van der Waals surface area contributed by atoms with Crippen LogP contribution in [-0.2, 0) is 12.8 Å². The molecule has 0 bridgehead atoms. The molecule has 0 radical (unpaired) electrons. The molecule has 0 aliphatic heterocycles. The predicted molar refractivity (Wildman–Crippen MR) is 89.6 cm³/mol. The van der Waals surface area contributed by atoms with Gasteiger partial charge >= 0.3 is 0 Å². The number of fused-ring (bicyclic) bond motifs is 5. The third kappa shape index (κ3) is 1.87. The molecule has 0 unspecified atom stereocenters. The minimum Gasteiger partial charge on any atom is -0.0993 e. The standard InChI is InChI=1S/C21H28/c1-4-15-6-8-17-16(13-15)7-9-19-18(17)11-12-21(3)14(2)5-10-20(19)21/h6,8,13,18-20H,2,4-5,7,9-12H2,1,3H3/t18-,19-,20+,21-/m1/s1. The van der Waals surface area contributed by atoms with Crippen LogP contribution in [0.2, 0.25) is 0 Å². The van der Waals surface area contributed by atoms with Gasteiger partial charge in [0.15, 0.2) is 0 Å². The largest absolute Gasteiger partial charge is 0.0993 e. The molecule has 3 aliphatic carbocycles. The lowest BCUT2D eigenvalue weighted by Gasteiger charge is -2.49. The van der Waals surface area contributed by atoms with E-state index < -0.39 is 0 Å². The van der Waals surface area contributed by atoms with E-state index in [9.17, 15) is 0 Å². The van der Waals surface area contributed by atoms with Crippen LogP contribution in [0, 0.1) is 17.3 Å². The summed E-state index contributed by atoms with van der Waals surface area (Å²) in [6.45, 7) is 9.20. The number of hydrogen-bond acceptors (Lipinski definition) is 0. The number of rotatable bonds is 1. The van der Waals surface area contributed by atoms with Crippen molar-refractivity contribution >= 4 is 0 Å². The maximum Gasteiger partial charge on any atom is -0.00876 e. The van der Waals surface area contributed by atoms with Crippen LogP contribution < -0.4 is 0 Å². The molecule has 0 heteroatoms. The van der Waals surface area contributed by atoms with Gasteiger partial charge in [-0.3, -0.25) is 0 Å². The third-order valence-electron chi connectivity index (χ3n) is 7.15. The van der Waals surface area contributed by atoms with Crippen molar-refractivity contribution in [1.29, 1.82) is 0 Å². The first-order valence-corrected chi connectivity index (χ1v) is 8.93. The molecular formula is C21H28. The summed E-state index contributed by atoms with van der Waals surface area (Å²) in [5, 5.41) is 0. The molecule has 0 N–H and O–H groups in total. The number of hydrogen-bond donors (Lipinski definition) is 0. The fourth-order valence-electron chi connectivity index (χ4n) is 5.76. The van der Waals surface area contributed by atoms with Crippen molar-refractivity contribution in [3.05, 3.63) is 47.0 Å². The Morgan fingerprint density at radius 2 is 2.05 bits per heavy atom. The molecule has 0 amide bonds. The molecule has 3 aliphatic rings. The van der Waals surface area contributed by atoms with Crippen molar-refractivity contribution in [1.82, 2.24) is 0 Å². The summed E-state index contributed by atoms with van der Waals surface area (Å²) in [5.74, 6) is 2.66. The Morgan fingerprint density at radius 1 is 1.19 bits per heavy atom. The van der Waals surface area contributed by atoms with E-state index in [-0.39, 0.29) is 0 Å². The van der Waals surface area contributed by atoms with Crippen LogP contribution in [0.5, 0.6) is 0 Å². The number of aryl methyl sites for hydroxylation is 2. The highest BCUT2D eigenvalue weighted by atomic mass is 14.6. The Bertz CT molecular complexity index is 582. The first-order chi connectivity index (χ1) is 10.1. The summed E-state index contributed by atoms with van der Waals surface area (Å²) < 4.78 is 0. The summed E-state index contributed by atoms with van der Waals surface area (Å²) in [7, 11) is 0. The topological polar surface area (TPSA) is 0 Å². The van der Waals surface area contributed by atoms with E-state index in [4.69, 9.17) is 0 Å². The van der Waals surface area contributed by atoms with Crippen LogP contribution in [0.1, 0.15) is 68.6 Å². The van der Waals surface area contributed by atoms with E-state index in [1.165, 1.54) is 50.5 Å². The van der Waals surface area contributed by atoms with Gasteiger partial charge in [0.05, 0.1) is 0 Å². The molecule has 112 valence electrons. The van der Waals surface area contributed by atoms with Crippen molar-refractivity contribution in [3.63, 3.8) is 0 Å². The Morgan fingerprint density at radius 3 is 2.86 bits per heavy atom. The lowest BCUT2D eigenvalue weighted by atomic mass is 9.55. The first-order valence-electron chi connectivity index (χ1n) is 8.93. The van der Waals surface area contributed by atoms with Crippen molar-refractivity contribution in [3.8, 4) is 0 Å². The van der Waals surface area contributed by atoms with Gasteiger partial charge in [-0.1, -0.05) is 44.2 Å². The molecule has 1 aromatic rings. The lowest BCUT2D eigenvalue weighted by Crippen LogP contribution is -2.40. The van der Waals surface area contributed by atoms with Gasteiger partial charge in [-0.15, -0.1) is 0 Å². The second kappa shape index (κ2) is 4.73. The van der Waals surface area contributed by atoms with Gasteiger partial charge in [0.2, 0.25) is 0 Å². The van der Waals surface area contributed by atoms with Crippen LogP contribution in [0.15, 0.2) is 30.4 Å². The summed E-state index contributed by atoms with van der Waals surface area (Å²) in [4.78, 5) is 0. The van der Waals surface area contributed by atoms with Gasteiger partial charge in [-0.25, -0.2) is 0 Å². The minimum absolute atomic E-state index is 0.460. The zero-order chi connectivity index (χ0) is 14.6.